The van der Waals surface area contributed by atoms with Crippen molar-refractivity contribution in [1.29, 1.82) is 0 Å². The van der Waals surface area contributed by atoms with Gasteiger partial charge in [0.2, 0.25) is 0 Å². The third kappa shape index (κ3) is 1.67. The lowest BCUT2D eigenvalue weighted by molar-refractivity contribution is -0.385. The third-order valence-corrected chi connectivity index (χ3v) is 2.49. The van der Waals surface area contributed by atoms with E-state index in [0.29, 0.717) is 5.56 Å². The third-order valence-electron chi connectivity index (χ3n) is 2.49. The average molecular weight is 217 g/mol. The van der Waals surface area contributed by atoms with Gasteiger partial charge in [0.15, 0.2) is 0 Å². The van der Waals surface area contributed by atoms with Gasteiger partial charge in [-0.25, -0.2) is 4.98 Å². The highest BCUT2D eigenvalue weighted by molar-refractivity contribution is 5.64. The maximum absolute atomic E-state index is 10.8. The summed E-state index contributed by atoms with van der Waals surface area (Å²) >= 11 is 0. The lowest BCUT2D eigenvalue weighted by Gasteiger charge is -2.05. The number of nitrogens with zero attached hydrogens (tertiary/aromatic N) is 2. The minimum atomic E-state index is -0.367. The zero-order chi connectivity index (χ0) is 11.7. The van der Waals surface area contributed by atoms with E-state index >= 15 is 0 Å². The van der Waals surface area contributed by atoms with Crippen LogP contribution in [-0.4, -0.2) is 14.9 Å². The Kier molecular flexibility index (Phi) is 2.44. The zero-order valence-corrected chi connectivity index (χ0v) is 9.02. The molecule has 5 nitrogen and oxygen atoms in total. The molecule has 0 saturated carbocycles. The van der Waals surface area contributed by atoms with Crippen LogP contribution in [0.5, 0.6) is 0 Å². The molecule has 5 heteroatoms. The molecule has 16 heavy (non-hydrogen) atoms. The zero-order valence-electron chi connectivity index (χ0n) is 9.02. The fourth-order valence-corrected chi connectivity index (χ4v) is 1.67. The number of aromatic nitrogens is 2. The molecule has 1 aromatic carbocycles. The molecule has 0 aliphatic carbocycles. The molecule has 1 heterocycles. The summed E-state index contributed by atoms with van der Waals surface area (Å²) in [5.74, 6) is 0.732. The van der Waals surface area contributed by atoms with Crippen LogP contribution in [0.1, 0.15) is 11.1 Å². The van der Waals surface area contributed by atoms with E-state index in [9.17, 15) is 10.1 Å². The van der Waals surface area contributed by atoms with E-state index in [1.807, 2.05) is 6.92 Å². The van der Waals surface area contributed by atoms with Gasteiger partial charge in [-0.05, 0) is 25.5 Å². The quantitative estimate of drug-likeness (QED) is 0.620. The highest BCUT2D eigenvalue weighted by Crippen LogP contribution is 2.27. The van der Waals surface area contributed by atoms with Crippen molar-refractivity contribution < 1.29 is 4.92 Å². The molecule has 0 fully saturated rings. The van der Waals surface area contributed by atoms with Crippen molar-refractivity contribution in [3.63, 3.8) is 0 Å². The topological polar surface area (TPSA) is 71.8 Å². The number of aryl methyl sites for hydroxylation is 2. The number of aromatic amines is 1. The molecule has 0 saturated heterocycles. The second-order valence-corrected chi connectivity index (χ2v) is 3.65. The molecule has 0 aliphatic rings. The minimum Gasteiger partial charge on any atom is -0.345 e. The van der Waals surface area contributed by atoms with Crippen LogP contribution in [0.4, 0.5) is 5.69 Å². The Labute approximate surface area is 92.3 Å². The number of imidazole rings is 1. The summed E-state index contributed by atoms with van der Waals surface area (Å²) in [7, 11) is 0. The van der Waals surface area contributed by atoms with Gasteiger partial charge in [-0.2, -0.15) is 0 Å². The smallest absolute Gasteiger partial charge is 0.272 e. The Balaban J connectivity index is 2.59. The van der Waals surface area contributed by atoms with Gasteiger partial charge in [0.25, 0.3) is 5.69 Å². The van der Waals surface area contributed by atoms with E-state index in [4.69, 9.17) is 0 Å². The lowest BCUT2D eigenvalue weighted by atomic mass is 10.0. The average Bonchev–Trinajstić information content (AvgIpc) is 2.73. The largest absolute Gasteiger partial charge is 0.345 e. The van der Waals surface area contributed by atoms with Crippen LogP contribution in [0, 0.1) is 24.0 Å². The summed E-state index contributed by atoms with van der Waals surface area (Å²) in [5.41, 5.74) is 2.52. The summed E-state index contributed by atoms with van der Waals surface area (Å²) in [5, 5.41) is 10.8. The standard InChI is InChI=1S/C11H11N3O2/c1-7-6-10(14(15)16)8(2)5-9(7)11-12-3-4-13-11/h3-6H,1-2H3,(H,12,13). The second kappa shape index (κ2) is 3.77. The van der Waals surface area contributed by atoms with Crippen molar-refractivity contribution in [2.45, 2.75) is 13.8 Å². The van der Waals surface area contributed by atoms with Gasteiger partial charge in [0, 0.05) is 29.6 Å². The molecule has 82 valence electrons. The highest BCUT2D eigenvalue weighted by Gasteiger charge is 2.14. The predicted octanol–water partition coefficient (Wildman–Crippen LogP) is 2.60. The molecular weight excluding hydrogens is 206 g/mol. The van der Waals surface area contributed by atoms with Gasteiger partial charge in [-0.1, -0.05) is 0 Å². The number of benzene rings is 1. The van der Waals surface area contributed by atoms with Crippen LogP contribution in [0.15, 0.2) is 24.5 Å². The Morgan fingerprint density at radius 1 is 1.31 bits per heavy atom. The molecule has 0 amide bonds. The number of nitrogens with one attached hydrogen (secondary N) is 1. The van der Waals surface area contributed by atoms with Gasteiger partial charge in [-0.3, -0.25) is 10.1 Å². The SMILES string of the molecule is Cc1cc([N+](=O)[O-])c(C)cc1-c1ncc[nH]1. The van der Waals surface area contributed by atoms with E-state index in [1.165, 1.54) is 0 Å². The maximum Gasteiger partial charge on any atom is 0.272 e. The van der Waals surface area contributed by atoms with Gasteiger partial charge in [0.05, 0.1) is 4.92 Å². The molecule has 0 bridgehead atoms. The summed E-state index contributed by atoms with van der Waals surface area (Å²) in [6.45, 7) is 3.56. The van der Waals surface area contributed by atoms with E-state index in [0.717, 1.165) is 17.0 Å². The Morgan fingerprint density at radius 2 is 2.06 bits per heavy atom. The number of hydrogen-bond acceptors (Lipinski definition) is 3. The lowest BCUT2D eigenvalue weighted by Crippen LogP contribution is -1.95. The van der Waals surface area contributed by atoms with E-state index in [2.05, 4.69) is 9.97 Å². The first-order valence-electron chi connectivity index (χ1n) is 4.85. The van der Waals surface area contributed by atoms with E-state index < -0.39 is 0 Å². The number of nitro benzene ring substituents is 1. The first-order chi connectivity index (χ1) is 7.59. The molecule has 0 unspecified atom stereocenters. The minimum absolute atomic E-state index is 0.146. The molecule has 2 aromatic rings. The van der Waals surface area contributed by atoms with Crippen molar-refractivity contribution in [2.75, 3.05) is 0 Å². The number of rotatable bonds is 2. The Bertz CT molecular complexity index is 532. The maximum atomic E-state index is 10.8. The fraction of sp³-hybridized carbons (Fsp3) is 0.182. The molecule has 0 radical (unpaired) electrons. The van der Waals surface area contributed by atoms with Gasteiger partial charge < -0.3 is 4.98 Å². The van der Waals surface area contributed by atoms with Crippen molar-refractivity contribution in [1.82, 2.24) is 9.97 Å². The molecule has 0 spiro atoms. The summed E-state index contributed by atoms with van der Waals surface area (Å²) in [6, 6.07) is 3.36. The predicted molar refractivity (Wildman–Crippen MR) is 60.2 cm³/mol. The Hall–Kier alpha value is -2.17. The van der Waals surface area contributed by atoms with Gasteiger partial charge in [-0.15, -0.1) is 0 Å². The normalized spacial score (nSPS) is 10.4. The van der Waals surface area contributed by atoms with Crippen molar-refractivity contribution in [3.8, 4) is 11.4 Å². The van der Waals surface area contributed by atoms with Crippen LogP contribution in [-0.2, 0) is 0 Å². The molecule has 0 aliphatic heterocycles. The van der Waals surface area contributed by atoms with Crippen molar-refractivity contribution >= 4 is 5.69 Å². The van der Waals surface area contributed by atoms with Crippen LogP contribution in [0.25, 0.3) is 11.4 Å². The molecule has 1 N–H and O–H groups in total. The van der Waals surface area contributed by atoms with Crippen LogP contribution < -0.4 is 0 Å². The molecule has 1 aromatic heterocycles. The second-order valence-electron chi connectivity index (χ2n) is 3.65. The van der Waals surface area contributed by atoms with Gasteiger partial charge >= 0.3 is 0 Å². The number of hydrogen-bond donors (Lipinski definition) is 1. The number of H-pyrrole nitrogens is 1. The van der Waals surface area contributed by atoms with Crippen molar-refractivity contribution in [2.24, 2.45) is 0 Å². The Morgan fingerprint density at radius 3 is 2.62 bits per heavy atom. The summed E-state index contributed by atoms with van der Waals surface area (Å²) in [4.78, 5) is 17.5. The van der Waals surface area contributed by atoms with Crippen LogP contribution >= 0.6 is 0 Å². The molecule has 0 atom stereocenters. The van der Waals surface area contributed by atoms with E-state index in [-0.39, 0.29) is 10.6 Å². The number of nitro groups is 1. The summed E-state index contributed by atoms with van der Waals surface area (Å²) < 4.78 is 0. The highest BCUT2D eigenvalue weighted by atomic mass is 16.6. The molecule has 2 rings (SSSR count). The van der Waals surface area contributed by atoms with Crippen LogP contribution in [0.2, 0.25) is 0 Å². The van der Waals surface area contributed by atoms with Gasteiger partial charge in [0.1, 0.15) is 5.82 Å². The molecular formula is C11H11N3O2. The first-order valence-corrected chi connectivity index (χ1v) is 4.85. The van der Waals surface area contributed by atoms with E-state index in [1.54, 1.807) is 31.5 Å². The van der Waals surface area contributed by atoms with Crippen LogP contribution in [0.3, 0.4) is 0 Å². The summed E-state index contributed by atoms with van der Waals surface area (Å²) in [6.07, 6.45) is 3.39. The first kappa shape index (κ1) is 10.4. The monoisotopic (exact) mass is 217 g/mol. The fourth-order valence-electron chi connectivity index (χ4n) is 1.67. The van der Waals surface area contributed by atoms with Crippen molar-refractivity contribution in [3.05, 3.63) is 45.8 Å².